The number of rotatable bonds is 3. The third kappa shape index (κ3) is 2.51. The normalized spacial score (nSPS) is 21.8. The van der Waals surface area contributed by atoms with Gasteiger partial charge in [-0.05, 0) is 54.7 Å². The molecule has 2 unspecified atom stereocenters. The zero-order valence-corrected chi connectivity index (χ0v) is 14.6. The number of hydrogen-bond acceptors (Lipinski definition) is 3. The highest BCUT2D eigenvalue weighted by Crippen LogP contribution is 2.37. The van der Waals surface area contributed by atoms with Crippen molar-refractivity contribution < 1.29 is 9.13 Å². The van der Waals surface area contributed by atoms with Gasteiger partial charge in [0.25, 0.3) is 0 Å². The van der Waals surface area contributed by atoms with E-state index < -0.39 is 0 Å². The molecule has 0 radical (unpaired) electrons. The average Bonchev–Trinajstić information content (AvgIpc) is 3.24. The van der Waals surface area contributed by atoms with E-state index in [0.717, 1.165) is 34.3 Å². The molecule has 4 nitrogen and oxygen atoms in total. The predicted octanol–water partition coefficient (Wildman–Crippen LogP) is 4.29. The highest BCUT2D eigenvalue weighted by molar-refractivity contribution is 5.96. The zero-order valence-electron chi connectivity index (χ0n) is 14.6. The van der Waals surface area contributed by atoms with Crippen LogP contribution in [0.2, 0.25) is 0 Å². The summed E-state index contributed by atoms with van der Waals surface area (Å²) in [7, 11) is 1.56. The van der Waals surface area contributed by atoms with E-state index in [9.17, 15) is 4.39 Å². The van der Waals surface area contributed by atoms with Crippen LogP contribution in [0.4, 0.5) is 4.39 Å². The molecule has 132 valence electrons. The van der Waals surface area contributed by atoms with Gasteiger partial charge in [0.2, 0.25) is 0 Å². The van der Waals surface area contributed by atoms with Crippen molar-refractivity contribution in [3.8, 4) is 16.9 Å². The predicted molar refractivity (Wildman–Crippen MR) is 101 cm³/mol. The lowest BCUT2D eigenvalue weighted by Gasteiger charge is -2.20. The first kappa shape index (κ1) is 15.6. The number of nitrogens with zero attached hydrogens (tertiary/aromatic N) is 1. The van der Waals surface area contributed by atoms with E-state index in [-0.39, 0.29) is 5.82 Å². The molecule has 5 heteroatoms. The molecule has 0 spiro atoms. The summed E-state index contributed by atoms with van der Waals surface area (Å²) in [6.07, 6.45) is 7.61. The van der Waals surface area contributed by atoms with E-state index in [0.29, 0.717) is 17.8 Å². The SMILES string of the molecule is COc1cc(F)ccc1-c1ccnc2[nH]c(C3=CC4CCC(C3)N4)cc12. The molecule has 2 N–H and O–H groups in total. The van der Waals surface area contributed by atoms with Gasteiger partial charge in [-0.2, -0.15) is 0 Å². The number of ether oxygens (including phenoxy) is 1. The molecule has 2 aromatic heterocycles. The Morgan fingerprint density at radius 2 is 2.08 bits per heavy atom. The second kappa shape index (κ2) is 5.95. The molecule has 1 aromatic carbocycles. The number of methoxy groups -OCH3 is 1. The van der Waals surface area contributed by atoms with Crippen LogP contribution in [0.1, 0.15) is 25.0 Å². The first-order chi connectivity index (χ1) is 12.7. The van der Waals surface area contributed by atoms with E-state index in [1.165, 1.54) is 30.5 Å². The lowest BCUT2D eigenvalue weighted by molar-refractivity contribution is 0.413. The molecule has 2 aliphatic rings. The fraction of sp³-hybridized carbons (Fsp3) is 0.286. The average molecular weight is 349 g/mol. The number of halogens is 1. The van der Waals surface area contributed by atoms with Gasteiger partial charge in [0, 0.05) is 41.0 Å². The van der Waals surface area contributed by atoms with Gasteiger partial charge in [0.15, 0.2) is 0 Å². The van der Waals surface area contributed by atoms with Crippen LogP contribution in [0, 0.1) is 5.82 Å². The number of fused-ring (bicyclic) bond motifs is 3. The summed E-state index contributed by atoms with van der Waals surface area (Å²) in [5, 5.41) is 4.65. The van der Waals surface area contributed by atoms with Gasteiger partial charge in [-0.25, -0.2) is 9.37 Å². The maximum Gasteiger partial charge on any atom is 0.138 e. The van der Waals surface area contributed by atoms with Crippen molar-refractivity contribution >= 4 is 16.6 Å². The molecule has 0 saturated carbocycles. The molecular weight excluding hydrogens is 329 g/mol. The molecule has 2 bridgehead atoms. The van der Waals surface area contributed by atoms with Crippen molar-refractivity contribution in [2.45, 2.75) is 31.3 Å². The second-order valence-corrected chi connectivity index (χ2v) is 7.09. The molecule has 4 heterocycles. The minimum Gasteiger partial charge on any atom is -0.496 e. The van der Waals surface area contributed by atoms with Gasteiger partial charge < -0.3 is 15.0 Å². The van der Waals surface area contributed by atoms with Gasteiger partial charge in [0.1, 0.15) is 17.2 Å². The lowest BCUT2D eigenvalue weighted by Crippen LogP contribution is -2.31. The summed E-state index contributed by atoms with van der Waals surface area (Å²) in [6, 6.07) is 9.83. The minimum absolute atomic E-state index is 0.305. The summed E-state index contributed by atoms with van der Waals surface area (Å²) in [5.41, 5.74) is 5.18. The van der Waals surface area contributed by atoms with Crippen molar-refractivity contribution in [2.24, 2.45) is 0 Å². The van der Waals surface area contributed by atoms with Crippen LogP contribution in [0.5, 0.6) is 5.75 Å². The maximum atomic E-state index is 13.6. The van der Waals surface area contributed by atoms with Crippen molar-refractivity contribution in [3.05, 3.63) is 54.1 Å². The van der Waals surface area contributed by atoms with Gasteiger partial charge >= 0.3 is 0 Å². The van der Waals surface area contributed by atoms with Crippen molar-refractivity contribution in [2.75, 3.05) is 7.11 Å². The smallest absolute Gasteiger partial charge is 0.138 e. The monoisotopic (exact) mass is 349 g/mol. The number of aromatic nitrogens is 2. The number of nitrogens with one attached hydrogen (secondary N) is 2. The summed E-state index contributed by atoms with van der Waals surface area (Å²) in [4.78, 5) is 7.97. The van der Waals surface area contributed by atoms with Crippen LogP contribution in [-0.4, -0.2) is 29.2 Å². The van der Waals surface area contributed by atoms with Gasteiger partial charge in [-0.1, -0.05) is 6.08 Å². The highest BCUT2D eigenvalue weighted by atomic mass is 19.1. The summed E-state index contributed by atoms with van der Waals surface area (Å²) in [5.74, 6) is 0.223. The number of pyridine rings is 1. The molecule has 1 saturated heterocycles. The van der Waals surface area contributed by atoms with Crippen molar-refractivity contribution in [1.29, 1.82) is 0 Å². The number of hydrogen-bond donors (Lipinski definition) is 2. The van der Waals surface area contributed by atoms with Crippen LogP contribution in [-0.2, 0) is 0 Å². The Hall–Kier alpha value is -2.66. The quantitative estimate of drug-likeness (QED) is 0.742. The summed E-state index contributed by atoms with van der Waals surface area (Å²) in [6.45, 7) is 0. The van der Waals surface area contributed by atoms with Gasteiger partial charge in [-0.3, -0.25) is 0 Å². The highest BCUT2D eigenvalue weighted by Gasteiger charge is 2.29. The van der Waals surface area contributed by atoms with E-state index in [1.54, 1.807) is 19.4 Å². The lowest BCUT2D eigenvalue weighted by atomic mass is 9.99. The maximum absolute atomic E-state index is 13.6. The Balaban J connectivity index is 1.63. The van der Waals surface area contributed by atoms with E-state index >= 15 is 0 Å². The second-order valence-electron chi connectivity index (χ2n) is 7.09. The standard InChI is InChI=1S/C21H20FN3O/c1-26-20-10-13(22)2-5-17(20)16-6-7-23-21-18(16)11-19(25-21)12-8-14-3-4-15(9-12)24-14/h2,5-8,10-11,14-15,24H,3-4,9H2,1H3,(H,23,25). The summed E-state index contributed by atoms with van der Waals surface area (Å²) < 4.78 is 19.0. The molecule has 26 heavy (non-hydrogen) atoms. The van der Waals surface area contributed by atoms with E-state index in [1.807, 2.05) is 6.07 Å². The molecule has 1 fully saturated rings. The first-order valence-electron chi connectivity index (χ1n) is 9.00. The van der Waals surface area contributed by atoms with Crippen LogP contribution >= 0.6 is 0 Å². The fourth-order valence-corrected chi connectivity index (χ4v) is 4.24. The van der Waals surface area contributed by atoms with Gasteiger partial charge in [-0.15, -0.1) is 0 Å². The Morgan fingerprint density at radius 3 is 2.92 bits per heavy atom. The Labute approximate surface area is 151 Å². The molecule has 0 amide bonds. The fourth-order valence-electron chi connectivity index (χ4n) is 4.24. The minimum atomic E-state index is -0.305. The van der Waals surface area contributed by atoms with Gasteiger partial charge in [0.05, 0.1) is 7.11 Å². The number of H-pyrrole nitrogens is 1. The summed E-state index contributed by atoms with van der Waals surface area (Å²) >= 11 is 0. The Kier molecular flexibility index (Phi) is 3.57. The molecule has 3 aromatic rings. The molecule has 0 aliphatic carbocycles. The molecular formula is C21H20FN3O. The van der Waals surface area contributed by atoms with E-state index in [2.05, 4.69) is 27.4 Å². The third-order valence-corrected chi connectivity index (χ3v) is 5.48. The molecule has 2 atom stereocenters. The third-order valence-electron chi connectivity index (χ3n) is 5.48. The first-order valence-corrected chi connectivity index (χ1v) is 9.00. The zero-order chi connectivity index (χ0) is 17.7. The van der Waals surface area contributed by atoms with E-state index in [4.69, 9.17) is 4.74 Å². The molecule has 5 rings (SSSR count). The van der Waals surface area contributed by atoms with Crippen LogP contribution in [0.25, 0.3) is 27.7 Å². The largest absolute Gasteiger partial charge is 0.496 e. The topological polar surface area (TPSA) is 49.9 Å². The Morgan fingerprint density at radius 1 is 1.15 bits per heavy atom. The number of benzene rings is 1. The van der Waals surface area contributed by atoms with Crippen LogP contribution in [0.3, 0.4) is 0 Å². The van der Waals surface area contributed by atoms with Crippen molar-refractivity contribution in [3.63, 3.8) is 0 Å². The van der Waals surface area contributed by atoms with Crippen molar-refractivity contribution in [1.82, 2.24) is 15.3 Å². The van der Waals surface area contributed by atoms with Crippen LogP contribution in [0.15, 0.2) is 42.6 Å². The number of aromatic amines is 1. The van der Waals surface area contributed by atoms with Crippen LogP contribution < -0.4 is 10.1 Å². The Bertz CT molecular complexity index is 1020. The molecule has 2 aliphatic heterocycles.